The first-order valence-corrected chi connectivity index (χ1v) is 6.78. The summed E-state index contributed by atoms with van der Waals surface area (Å²) in [6.07, 6.45) is 6.76. The lowest BCUT2D eigenvalue weighted by atomic mass is 9.62. The van der Waals surface area contributed by atoms with Crippen molar-refractivity contribution in [2.24, 2.45) is 35.5 Å². The third kappa shape index (κ3) is 1.26. The monoisotopic (exact) mass is 218 g/mol. The second-order valence-electron chi connectivity index (χ2n) is 6.35. The number of rotatable bonds is 1. The number of fused-ring (bicyclic) bond motifs is 5. The first-order valence-electron chi connectivity index (χ1n) is 6.78. The van der Waals surface area contributed by atoms with Crippen LogP contribution < -0.4 is 0 Å². The highest BCUT2D eigenvalue weighted by Crippen LogP contribution is 2.59. The number of Topliss-reactive ketones (excluding diaryl/α,β-unsaturated/α-hetero) is 1. The maximum atomic E-state index is 11.8. The second-order valence-corrected chi connectivity index (χ2v) is 6.35. The molecule has 1 heteroatoms. The fourth-order valence-corrected chi connectivity index (χ4v) is 5.14. The van der Waals surface area contributed by atoms with Gasteiger partial charge in [0.15, 0.2) is 0 Å². The molecule has 0 aliphatic heterocycles. The summed E-state index contributed by atoms with van der Waals surface area (Å²) in [7, 11) is 0. The second kappa shape index (κ2) is 3.45. The van der Waals surface area contributed by atoms with Gasteiger partial charge in [-0.05, 0) is 62.7 Å². The molecule has 3 aliphatic carbocycles. The maximum Gasteiger partial charge on any atom is 0.137 e. The van der Waals surface area contributed by atoms with Crippen LogP contribution in [0.2, 0.25) is 0 Å². The highest BCUT2D eigenvalue weighted by molar-refractivity contribution is 5.81. The summed E-state index contributed by atoms with van der Waals surface area (Å²) >= 11 is 0. The summed E-state index contributed by atoms with van der Waals surface area (Å²) in [4.78, 5) is 11.8. The molecule has 2 fully saturated rings. The predicted octanol–water partition coefficient (Wildman–Crippen LogP) is 3.45. The van der Waals surface area contributed by atoms with Crippen LogP contribution in [0, 0.1) is 35.5 Å². The van der Waals surface area contributed by atoms with Crippen LogP contribution in [0.15, 0.2) is 11.6 Å². The van der Waals surface area contributed by atoms with Crippen LogP contribution in [0.5, 0.6) is 0 Å². The molecule has 0 aromatic carbocycles. The molecule has 3 aliphatic rings. The van der Waals surface area contributed by atoms with Gasteiger partial charge in [-0.1, -0.05) is 18.6 Å². The lowest BCUT2D eigenvalue weighted by Crippen LogP contribution is -2.38. The van der Waals surface area contributed by atoms with Gasteiger partial charge in [0.25, 0.3) is 0 Å². The molecule has 0 N–H and O–H groups in total. The van der Waals surface area contributed by atoms with E-state index in [-0.39, 0.29) is 5.92 Å². The zero-order valence-electron chi connectivity index (χ0n) is 10.6. The van der Waals surface area contributed by atoms with Crippen LogP contribution in [0.3, 0.4) is 0 Å². The van der Waals surface area contributed by atoms with Crippen LogP contribution in [0.25, 0.3) is 0 Å². The Kier molecular flexibility index (Phi) is 2.28. The highest BCUT2D eigenvalue weighted by Gasteiger charge is 2.52. The van der Waals surface area contributed by atoms with Crippen LogP contribution in [0.4, 0.5) is 0 Å². The average molecular weight is 218 g/mol. The number of carbonyl (C=O) groups is 1. The van der Waals surface area contributed by atoms with Gasteiger partial charge in [0.05, 0.1) is 0 Å². The summed E-state index contributed by atoms with van der Waals surface area (Å²) < 4.78 is 0. The number of hydrogen-bond donors (Lipinski definition) is 0. The van der Waals surface area contributed by atoms with Crippen LogP contribution in [0.1, 0.15) is 40.0 Å². The minimum absolute atomic E-state index is 0.223. The summed E-state index contributed by atoms with van der Waals surface area (Å²) in [6.45, 7) is 6.26. The number of carbonyl (C=O) groups excluding carboxylic acids is 1. The van der Waals surface area contributed by atoms with Gasteiger partial charge in [-0.3, -0.25) is 4.79 Å². The molecule has 1 nitrogen and oxygen atoms in total. The molecule has 0 aromatic rings. The fraction of sp³-hybridized carbons (Fsp3) is 0.800. The Hall–Kier alpha value is -0.590. The van der Waals surface area contributed by atoms with Gasteiger partial charge in [0, 0.05) is 5.92 Å². The van der Waals surface area contributed by atoms with Crippen molar-refractivity contribution in [3.63, 3.8) is 0 Å². The van der Waals surface area contributed by atoms with E-state index in [4.69, 9.17) is 0 Å². The van der Waals surface area contributed by atoms with Gasteiger partial charge in [-0.25, -0.2) is 0 Å². The Morgan fingerprint density at radius 2 is 2.00 bits per heavy atom. The van der Waals surface area contributed by atoms with Gasteiger partial charge in [0.1, 0.15) is 5.78 Å². The van der Waals surface area contributed by atoms with E-state index in [1.54, 1.807) is 6.92 Å². The minimum Gasteiger partial charge on any atom is -0.299 e. The van der Waals surface area contributed by atoms with Crippen molar-refractivity contribution in [3.05, 3.63) is 11.6 Å². The van der Waals surface area contributed by atoms with Crippen molar-refractivity contribution in [2.45, 2.75) is 40.0 Å². The van der Waals surface area contributed by atoms with Crippen molar-refractivity contribution in [3.8, 4) is 0 Å². The van der Waals surface area contributed by atoms with E-state index < -0.39 is 0 Å². The fourth-order valence-electron chi connectivity index (χ4n) is 5.14. The van der Waals surface area contributed by atoms with Crippen molar-refractivity contribution in [1.29, 1.82) is 0 Å². The number of ketones is 1. The lowest BCUT2D eigenvalue weighted by molar-refractivity contribution is -0.122. The van der Waals surface area contributed by atoms with Gasteiger partial charge in [-0.2, -0.15) is 0 Å². The quantitative estimate of drug-likeness (QED) is 0.616. The van der Waals surface area contributed by atoms with Gasteiger partial charge >= 0.3 is 0 Å². The molecule has 0 heterocycles. The molecule has 2 unspecified atom stereocenters. The summed E-state index contributed by atoms with van der Waals surface area (Å²) in [5, 5.41) is 0. The Morgan fingerprint density at radius 3 is 2.69 bits per heavy atom. The Bertz CT molecular complexity index is 354. The predicted molar refractivity (Wildman–Crippen MR) is 64.9 cm³/mol. The van der Waals surface area contributed by atoms with E-state index in [9.17, 15) is 4.79 Å². The minimum atomic E-state index is 0.223. The molecule has 0 radical (unpaired) electrons. The highest BCUT2D eigenvalue weighted by atomic mass is 16.1. The molecular formula is C15H22O. The third-order valence-corrected chi connectivity index (χ3v) is 5.56. The largest absolute Gasteiger partial charge is 0.299 e. The standard InChI is InChI=1S/C15H22O/c1-8-6-13-11-4-5-12(7-11)15(13)9(2)14(8)10(3)16/h6,9,11-15H,4-5,7H2,1-3H3/t9?,11-,12+,13+,14?,15-/m1/s1. The molecule has 0 aromatic heterocycles. The molecule has 16 heavy (non-hydrogen) atoms. The summed E-state index contributed by atoms with van der Waals surface area (Å²) in [5.74, 6) is 4.68. The first-order chi connectivity index (χ1) is 7.59. The van der Waals surface area contributed by atoms with E-state index in [2.05, 4.69) is 19.9 Å². The molecule has 3 rings (SSSR count). The van der Waals surface area contributed by atoms with Crippen LogP contribution in [-0.2, 0) is 4.79 Å². The smallest absolute Gasteiger partial charge is 0.137 e. The van der Waals surface area contributed by atoms with Gasteiger partial charge in [-0.15, -0.1) is 0 Å². The average Bonchev–Trinajstić information content (AvgIpc) is 2.76. The van der Waals surface area contributed by atoms with E-state index in [1.807, 2.05) is 0 Å². The molecule has 0 spiro atoms. The van der Waals surface area contributed by atoms with Crippen molar-refractivity contribution < 1.29 is 4.79 Å². The molecule has 0 saturated heterocycles. The van der Waals surface area contributed by atoms with E-state index >= 15 is 0 Å². The Balaban J connectivity index is 1.97. The Labute approximate surface area is 98.3 Å². The third-order valence-electron chi connectivity index (χ3n) is 5.56. The molecule has 88 valence electrons. The van der Waals surface area contributed by atoms with Crippen molar-refractivity contribution >= 4 is 5.78 Å². The van der Waals surface area contributed by atoms with E-state index in [0.29, 0.717) is 11.7 Å². The van der Waals surface area contributed by atoms with Gasteiger partial charge < -0.3 is 0 Å². The van der Waals surface area contributed by atoms with Crippen LogP contribution >= 0.6 is 0 Å². The number of hydrogen-bond acceptors (Lipinski definition) is 1. The van der Waals surface area contributed by atoms with Crippen LogP contribution in [-0.4, -0.2) is 5.78 Å². The SMILES string of the molecule is CC(=O)C1C(C)=C[C@H]2[C@@H]3CC[C@@H](C3)[C@H]2C1C. The zero-order valence-corrected chi connectivity index (χ0v) is 10.6. The number of allylic oxidation sites excluding steroid dienone is 2. The first kappa shape index (κ1) is 10.6. The Morgan fingerprint density at radius 1 is 1.31 bits per heavy atom. The molecule has 0 amide bonds. The van der Waals surface area contributed by atoms with E-state index in [0.717, 1.165) is 23.7 Å². The normalized spacial score (nSPS) is 50.1. The molecular weight excluding hydrogens is 196 g/mol. The summed E-state index contributed by atoms with van der Waals surface area (Å²) in [6, 6.07) is 0. The molecule has 2 saturated carbocycles. The lowest BCUT2D eigenvalue weighted by Gasteiger charge is -2.41. The van der Waals surface area contributed by atoms with Crippen molar-refractivity contribution in [2.75, 3.05) is 0 Å². The van der Waals surface area contributed by atoms with E-state index in [1.165, 1.54) is 24.8 Å². The topological polar surface area (TPSA) is 17.1 Å². The molecule has 6 atom stereocenters. The molecule has 2 bridgehead atoms. The van der Waals surface area contributed by atoms with Gasteiger partial charge in [0.2, 0.25) is 0 Å². The maximum absolute atomic E-state index is 11.8. The van der Waals surface area contributed by atoms with Crippen molar-refractivity contribution in [1.82, 2.24) is 0 Å². The summed E-state index contributed by atoms with van der Waals surface area (Å²) in [5.41, 5.74) is 1.36. The zero-order chi connectivity index (χ0) is 11.4.